The first kappa shape index (κ1) is 20.4. The molecule has 0 aromatic heterocycles. The van der Waals surface area contributed by atoms with Gasteiger partial charge in [0.1, 0.15) is 5.75 Å². The van der Waals surface area contributed by atoms with Crippen molar-refractivity contribution in [2.24, 2.45) is 0 Å². The highest BCUT2D eigenvalue weighted by molar-refractivity contribution is 7.89. The number of carbonyl (C=O) groups excluding carboxylic acids is 1. The molecule has 136 valence electrons. The molecule has 0 atom stereocenters. The third-order valence-corrected chi connectivity index (χ3v) is 5.23. The number of aryl methyl sites for hydroxylation is 2. The third kappa shape index (κ3) is 6.88. The van der Waals surface area contributed by atoms with Gasteiger partial charge < -0.3 is 10.1 Å². The van der Waals surface area contributed by atoms with Crippen molar-refractivity contribution in [3.05, 3.63) is 28.8 Å². The molecule has 6 nitrogen and oxygen atoms in total. The molecule has 0 aliphatic rings. The van der Waals surface area contributed by atoms with Gasteiger partial charge in [-0.2, -0.15) is 0 Å². The van der Waals surface area contributed by atoms with Crippen molar-refractivity contribution in [1.29, 1.82) is 0 Å². The zero-order valence-corrected chi connectivity index (χ0v) is 15.8. The van der Waals surface area contributed by atoms with Gasteiger partial charge in [0.15, 0.2) is 6.61 Å². The smallest absolute Gasteiger partial charge is 0.257 e. The fourth-order valence-electron chi connectivity index (χ4n) is 2.15. The number of sulfonamides is 1. The Balaban J connectivity index is 2.34. The maximum atomic E-state index is 11.8. The quantitative estimate of drug-likeness (QED) is 0.626. The van der Waals surface area contributed by atoms with Crippen LogP contribution in [0, 0.1) is 20.8 Å². The third-order valence-electron chi connectivity index (χ3n) is 3.76. The minimum atomic E-state index is -3.25. The van der Waals surface area contributed by atoms with Gasteiger partial charge in [-0.25, -0.2) is 13.1 Å². The van der Waals surface area contributed by atoms with Gasteiger partial charge in [-0.15, -0.1) is 0 Å². The van der Waals surface area contributed by atoms with E-state index in [1.807, 2.05) is 39.8 Å². The number of benzene rings is 1. The van der Waals surface area contributed by atoms with Crippen LogP contribution in [0.4, 0.5) is 0 Å². The number of rotatable bonds is 10. The van der Waals surface area contributed by atoms with Crippen LogP contribution in [0.1, 0.15) is 36.5 Å². The molecular formula is C17H28N2O4S. The molecule has 0 unspecified atom stereocenters. The van der Waals surface area contributed by atoms with E-state index in [1.165, 1.54) is 0 Å². The largest absolute Gasteiger partial charge is 0.483 e. The van der Waals surface area contributed by atoms with Gasteiger partial charge in [-0.05, 0) is 43.9 Å². The molecule has 0 aliphatic carbocycles. The van der Waals surface area contributed by atoms with E-state index >= 15 is 0 Å². The molecule has 7 heteroatoms. The second-order valence-corrected chi connectivity index (χ2v) is 7.79. The fraction of sp³-hybridized carbons (Fsp3) is 0.588. The Morgan fingerprint density at radius 3 is 2.46 bits per heavy atom. The first-order valence-corrected chi connectivity index (χ1v) is 9.85. The summed E-state index contributed by atoms with van der Waals surface area (Å²) in [5.74, 6) is 0.570. The summed E-state index contributed by atoms with van der Waals surface area (Å²) in [6.45, 7) is 8.15. The van der Waals surface area contributed by atoms with E-state index in [9.17, 15) is 13.2 Å². The van der Waals surface area contributed by atoms with Gasteiger partial charge in [0.25, 0.3) is 5.91 Å². The highest BCUT2D eigenvalue weighted by atomic mass is 32.2. The second-order valence-electron chi connectivity index (χ2n) is 5.86. The van der Waals surface area contributed by atoms with Crippen molar-refractivity contribution in [3.8, 4) is 5.75 Å². The topological polar surface area (TPSA) is 84.5 Å². The van der Waals surface area contributed by atoms with Gasteiger partial charge in [0.05, 0.1) is 5.75 Å². The Morgan fingerprint density at radius 2 is 1.79 bits per heavy atom. The minimum absolute atomic E-state index is 0.0896. The second kappa shape index (κ2) is 9.64. The Morgan fingerprint density at radius 1 is 1.12 bits per heavy atom. The molecule has 0 aliphatic heterocycles. The van der Waals surface area contributed by atoms with Crippen molar-refractivity contribution in [3.63, 3.8) is 0 Å². The summed E-state index contributed by atoms with van der Waals surface area (Å²) in [6, 6.07) is 3.98. The predicted molar refractivity (Wildman–Crippen MR) is 95.9 cm³/mol. The number of ether oxygens (including phenoxy) is 1. The van der Waals surface area contributed by atoms with E-state index in [0.29, 0.717) is 6.42 Å². The zero-order valence-electron chi connectivity index (χ0n) is 14.9. The van der Waals surface area contributed by atoms with Crippen LogP contribution < -0.4 is 14.8 Å². The van der Waals surface area contributed by atoms with Gasteiger partial charge in [0.2, 0.25) is 10.0 Å². The monoisotopic (exact) mass is 356 g/mol. The van der Waals surface area contributed by atoms with Crippen LogP contribution in [-0.2, 0) is 14.8 Å². The molecular weight excluding hydrogens is 328 g/mol. The summed E-state index contributed by atoms with van der Waals surface area (Å²) in [5, 5.41) is 2.64. The molecule has 1 rings (SSSR count). The molecule has 24 heavy (non-hydrogen) atoms. The van der Waals surface area contributed by atoms with E-state index in [2.05, 4.69) is 10.0 Å². The molecule has 0 saturated heterocycles. The summed E-state index contributed by atoms with van der Waals surface area (Å²) >= 11 is 0. The Hall–Kier alpha value is -1.60. The van der Waals surface area contributed by atoms with Crippen molar-refractivity contribution in [2.45, 2.75) is 40.5 Å². The average Bonchev–Trinajstić information content (AvgIpc) is 2.53. The molecule has 0 bridgehead atoms. The number of hydrogen-bond acceptors (Lipinski definition) is 4. The van der Waals surface area contributed by atoms with Crippen LogP contribution in [0.25, 0.3) is 0 Å². The van der Waals surface area contributed by atoms with Crippen molar-refractivity contribution >= 4 is 15.9 Å². The van der Waals surface area contributed by atoms with Gasteiger partial charge >= 0.3 is 0 Å². The molecule has 1 aromatic rings. The number of amides is 1. The normalized spacial score (nSPS) is 11.3. The highest BCUT2D eigenvalue weighted by Crippen LogP contribution is 2.25. The fourth-order valence-corrected chi connectivity index (χ4v) is 3.38. The number of nitrogens with one attached hydrogen (secondary N) is 2. The zero-order chi connectivity index (χ0) is 18.2. The van der Waals surface area contributed by atoms with Crippen LogP contribution in [0.3, 0.4) is 0 Å². The van der Waals surface area contributed by atoms with Crippen molar-refractivity contribution < 1.29 is 17.9 Å². The lowest BCUT2D eigenvalue weighted by Crippen LogP contribution is -2.37. The maximum Gasteiger partial charge on any atom is 0.257 e. The van der Waals surface area contributed by atoms with E-state index in [4.69, 9.17) is 4.74 Å². The summed E-state index contributed by atoms with van der Waals surface area (Å²) in [6.07, 6.45) is 1.46. The van der Waals surface area contributed by atoms with Crippen molar-refractivity contribution in [1.82, 2.24) is 10.0 Å². The summed E-state index contributed by atoms with van der Waals surface area (Å²) < 4.78 is 31.3. The number of carbonyl (C=O) groups is 1. The standard InChI is InChI=1S/C17H28N2O4S/c1-5-6-11-24(21,22)19-10-9-18-16(20)12-23-17-14(3)8-7-13(2)15(17)4/h7-8,19H,5-6,9-12H2,1-4H3,(H,18,20). The lowest BCUT2D eigenvalue weighted by Gasteiger charge is -2.14. The Bertz CT molecular complexity index is 657. The van der Waals surface area contributed by atoms with Gasteiger partial charge in [0, 0.05) is 13.1 Å². The first-order valence-electron chi connectivity index (χ1n) is 8.20. The molecule has 1 amide bonds. The van der Waals surface area contributed by atoms with Crippen LogP contribution in [-0.4, -0.2) is 39.8 Å². The average molecular weight is 356 g/mol. The van der Waals surface area contributed by atoms with E-state index in [1.54, 1.807) is 0 Å². The maximum absolute atomic E-state index is 11.8. The van der Waals surface area contributed by atoms with E-state index in [0.717, 1.165) is 28.9 Å². The Labute approximate surface area is 145 Å². The van der Waals surface area contributed by atoms with Crippen LogP contribution in [0.2, 0.25) is 0 Å². The SMILES string of the molecule is CCCCS(=O)(=O)NCCNC(=O)COc1c(C)ccc(C)c1C. The van der Waals surface area contributed by atoms with Crippen LogP contribution in [0.5, 0.6) is 5.75 Å². The van der Waals surface area contributed by atoms with Crippen LogP contribution in [0.15, 0.2) is 12.1 Å². The molecule has 1 aromatic carbocycles. The first-order chi connectivity index (χ1) is 11.3. The van der Waals surface area contributed by atoms with E-state index < -0.39 is 10.0 Å². The molecule has 0 saturated carbocycles. The van der Waals surface area contributed by atoms with Crippen molar-refractivity contribution in [2.75, 3.05) is 25.4 Å². The minimum Gasteiger partial charge on any atom is -0.483 e. The van der Waals surface area contributed by atoms with Crippen LogP contribution >= 0.6 is 0 Å². The summed E-state index contributed by atoms with van der Waals surface area (Å²) in [5.41, 5.74) is 3.11. The van der Waals surface area contributed by atoms with E-state index in [-0.39, 0.29) is 31.4 Å². The lowest BCUT2D eigenvalue weighted by atomic mass is 10.1. The Kier molecular flexibility index (Phi) is 8.21. The molecule has 0 fully saturated rings. The van der Waals surface area contributed by atoms with Gasteiger partial charge in [-0.3, -0.25) is 4.79 Å². The molecule has 0 radical (unpaired) electrons. The highest BCUT2D eigenvalue weighted by Gasteiger charge is 2.10. The lowest BCUT2D eigenvalue weighted by molar-refractivity contribution is -0.123. The molecule has 0 heterocycles. The summed E-state index contributed by atoms with van der Waals surface area (Å²) in [7, 11) is -3.25. The van der Waals surface area contributed by atoms with Gasteiger partial charge in [-0.1, -0.05) is 25.5 Å². The number of unbranched alkanes of at least 4 members (excludes halogenated alkanes) is 1. The predicted octanol–water partition coefficient (Wildman–Crippen LogP) is 1.83. The molecule has 0 spiro atoms. The molecule has 2 N–H and O–H groups in total. The number of hydrogen-bond donors (Lipinski definition) is 2. The summed E-state index contributed by atoms with van der Waals surface area (Å²) in [4.78, 5) is 11.8.